The quantitative estimate of drug-likeness (QED) is 0.392. The zero-order valence-corrected chi connectivity index (χ0v) is 12.4. The first-order valence-corrected chi connectivity index (χ1v) is 20.3. The third-order valence-corrected chi connectivity index (χ3v) is 41.9. The second-order valence-electron chi connectivity index (χ2n) is 0.664. The number of rotatable bonds is 2. The summed E-state index contributed by atoms with van der Waals surface area (Å²) in [5, 5.41) is 0. The van der Waals surface area contributed by atoms with E-state index < -0.39 is 0 Å². The molecule has 0 aliphatic rings. The van der Waals surface area contributed by atoms with Gasteiger partial charge in [-0.25, -0.2) is 0 Å². The Labute approximate surface area is 65.0 Å². The predicted octanol–water partition coefficient (Wildman–Crippen LogP) is 1.93. The van der Waals surface area contributed by atoms with Gasteiger partial charge in [0.1, 0.15) is 0 Å². The molecule has 0 aliphatic heterocycles. The van der Waals surface area contributed by atoms with Crippen molar-refractivity contribution in [3.8, 4) is 0 Å². The third-order valence-electron chi connectivity index (χ3n) is 0.244. The van der Waals surface area contributed by atoms with Gasteiger partial charge in [0.25, 0.3) is 0 Å². The summed E-state index contributed by atoms with van der Waals surface area (Å²) in [4.78, 5) is 0. The van der Waals surface area contributed by atoms with Crippen molar-refractivity contribution < 1.29 is 41.7 Å². The van der Waals surface area contributed by atoms with E-state index in [2.05, 4.69) is 22.8 Å². The minimum absolute atomic E-state index is 0.0985. The molecule has 0 atom stereocenters. The minimum atomic E-state index is 0.0985. The average molecular weight is 513 g/mol. The van der Waals surface area contributed by atoms with Crippen LogP contribution in [-0.4, -0.2) is 0 Å². The average Bonchev–Trinajstić information content (AvgIpc) is 1.41. The van der Waals surface area contributed by atoms with Gasteiger partial charge in [-0.1, -0.05) is 0 Å². The van der Waals surface area contributed by atoms with Crippen molar-refractivity contribution in [1.29, 1.82) is 0 Å². The van der Waals surface area contributed by atoms with Crippen molar-refractivity contribution in [2.24, 2.45) is 0 Å². The van der Waals surface area contributed by atoms with Crippen LogP contribution in [0.1, 0.15) is 0 Å². The van der Waals surface area contributed by atoms with E-state index in [1.807, 2.05) is 0 Å². The van der Waals surface area contributed by atoms with Gasteiger partial charge in [-0.15, -0.1) is 0 Å². The van der Waals surface area contributed by atoms with Crippen molar-refractivity contribution in [3.05, 3.63) is 0 Å². The van der Waals surface area contributed by atoms with Crippen LogP contribution in [0.3, 0.4) is 0 Å². The summed E-state index contributed by atoms with van der Waals surface area (Å²) < 4.78 is 4.21. The topological polar surface area (TPSA) is 0 Å². The molecular formula is C2H5Hf2I. The Bertz CT molecular complexity index is 15.1. The third kappa shape index (κ3) is 6.47. The van der Waals surface area contributed by atoms with Crippen molar-refractivity contribution in [3.63, 3.8) is 0 Å². The summed E-state index contributed by atoms with van der Waals surface area (Å²) >= 11 is 2.85. The van der Waals surface area contributed by atoms with Crippen LogP contribution in [0.15, 0.2) is 0 Å². The van der Waals surface area contributed by atoms with E-state index in [0.29, 0.717) is 0 Å². The Morgan fingerprint density at radius 1 is 1.80 bits per heavy atom. The molecule has 0 fully saturated rings. The van der Waals surface area contributed by atoms with E-state index in [-0.39, 0.29) is 41.7 Å². The van der Waals surface area contributed by atoms with Crippen molar-refractivity contribution in [2.45, 2.75) is 6.61 Å². The summed E-state index contributed by atoms with van der Waals surface area (Å²) in [7, 11) is 0. The van der Waals surface area contributed by atoms with Gasteiger partial charge in [0.2, 0.25) is 0 Å². The van der Waals surface area contributed by atoms with Crippen LogP contribution < -0.4 is 0 Å². The zero-order valence-electron chi connectivity index (χ0n) is 3.09. The van der Waals surface area contributed by atoms with Gasteiger partial charge >= 0.3 is 66.4 Å². The molecule has 0 saturated heterocycles. The van der Waals surface area contributed by atoms with E-state index in [1.54, 1.807) is 1.93 Å². The molecule has 0 aromatic rings. The van der Waals surface area contributed by atoms with Crippen LogP contribution in [0.25, 0.3) is 0 Å². The van der Waals surface area contributed by atoms with Crippen LogP contribution in [0, 0.1) is 0 Å². The Kier molecular flexibility index (Phi) is 9.67. The maximum atomic E-state index is 2.63. The van der Waals surface area contributed by atoms with Gasteiger partial charge in [0, 0.05) is 0 Å². The molecule has 0 unspecified atom stereocenters. The molecule has 0 rings (SSSR count). The summed E-state index contributed by atoms with van der Waals surface area (Å²) in [5.41, 5.74) is 0. The predicted molar refractivity (Wildman–Crippen MR) is 24.7 cm³/mol. The van der Waals surface area contributed by atoms with Gasteiger partial charge in [-0.05, 0) is 0 Å². The normalized spacial score (nSPS) is 6.80. The fourth-order valence-corrected chi connectivity index (χ4v) is 30.0. The molecule has 0 bridgehead atoms. The molecule has 5 heavy (non-hydrogen) atoms. The second-order valence-corrected chi connectivity index (χ2v) is 22.1. The number of hydrogen-bond acceptors (Lipinski definition) is 0. The van der Waals surface area contributed by atoms with Crippen LogP contribution in [-0.2, 0) is 41.7 Å². The molecular weight excluding hydrogens is 508 g/mol. The molecule has 0 saturated carbocycles. The summed E-state index contributed by atoms with van der Waals surface area (Å²) in [5.74, 6) is 0. The molecule has 3 heteroatoms. The fraction of sp³-hybridized carbons (Fsp3) is 1.00. The number of hydrogen-bond donors (Lipinski definition) is 0. The zero-order chi connectivity index (χ0) is 4.12. The van der Waals surface area contributed by atoms with Crippen molar-refractivity contribution in [2.75, 3.05) is 0 Å². The standard InChI is InChI=1S/CH3.CH2.2Hf.HI/h1H3;1H2;;;1H/q;;;+1;/p-1. The van der Waals surface area contributed by atoms with Crippen LogP contribution >= 0.6 is 18.1 Å². The molecule has 0 aliphatic carbocycles. The molecule has 0 aromatic carbocycles. The Balaban J connectivity index is 2.19. The fourth-order valence-electron chi connectivity index (χ4n) is 0.0668. The Hall–Kier alpha value is 2.47. The van der Waals surface area contributed by atoms with Crippen LogP contribution in [0.4, 0.5) is 0 Å². The van der Waals surface area contributed by atoms with Gasteiger partial charge in [0.15, 0.2) is 0 Å². The molecule has 0 aromatic heterocycles. The van der Waals surface area contributed by atoms with Gasteiger partial charge in [0.05, 0.1) is 0 Å². The molecule has 0 radical (unpaired) electrons. The molecule has 0 spiro atoms. The van der Waals surface area contributed by atoms with Gasteiger partial charge in [-0.2, -0.15) is 0 Å². The van der Waals surface area contributed by atoms with E-state index in [9.17, 15) is 0 Å². The summed E-state index contributed by atoms with van der Waals surface area (Å²) in [6, 6.07) is 0. The van der Waals surface area contributed by atoms with Crippen LogP contribution in [0.2, 0.25) is 6.61 Å². The first-order valence-electron chi connectivity index (χ1n) is 1.40. The van der Waals surface area contributed by atoms with E-state index >= 15 is 0 Å². The first-order chi connectivity index (χ1) is 2.41. The van der Waals surface area contributed by atoms with Gasteiger partial charge in [-0.3, -0.25) is 0 Å². The summed E-state index contributed by atoms with van der Waals surface area (Å²) in [6.07, 6.45) is 0. The van der Waals surface area contributed by atoms with Crippen molar-refractivity contribution in [1.82, 2.24) is 0 Å². The van der Waals surface area contributed by atoms with Crippen LogP contribution in [0.5, 0.6) is 0 Å². The maximum absolute atomic E-state index is 2.63. The molecule has 0 nitrogen and oxygen atoms in total. The molecule has 0 amide bonds. The molecule has 0 heterocycles. The molecule has 0 N–H and O–H groups in total. The first kappa shape index (κ1) is 7.47. The summed E-state index contributed by atoms with van der Waals surface area (Å²) in [6.45, 7) is 0. The van der Waals surface area contributed by atoms with E-state index in [1.165, 1.54) is 0 Å². The SMILES string of the molecule is [CH3][Hf][CH2][Hf][I]. The Morgan fingerprint density at radius 2 is 2.40 bits per heavy atom. The Morgan fingerprint density at radius 3 is 2.40 bits per heavy atom. The van der Waals surface area contributed by atoms with E-state index in [4.69, 9.17) is 0 Å². The number of halogens is 1. The van der Waals surface area contributed by atoms with Crippen molar-refractivity contribution >= 4 is 18.1 Å². The second kappa shape index (κ2) is 6.47. The van der Waals surface area contributed by atoms with Gasteiger partial charge < -0.3 is 0 Å². The molecule has 28 valence electrons. The van der Waals surface area contributed by atoms with E-state index in [0.717, 1.165) is 0 Å². The monoisotopic (exact) mass is 516 g/mol.